The molecule has 8 amide bonds. The van der Waals surface area contributed by atoms with E-state index in [4.69, 9.17) is 0 Å². The number of carboxylic acid groups (broad SMARTS) is 2. The maximum atomic E-state index is 14.6. The minimum absolute atomic E-state index is 0.0578. The fourth-order valence-electron chi connectivity index (χ4n) is 10.4. The first-order valence-corrected chi connectivity index (χ1v) is 29.0. The number of non-ortho nitro benzene ring substituents is 1. The molecular weight excluding hydrogens is 1210 g/mol. The van der Waals surface area contributed by atoms with Gasteiger partial charge in [-0.25, -0.2) is 45.8 Å². The Hall–Kier alpha value is -10.7. The minimum atomic E-state index is -4.86. The van der Waals surface area contributed by atoms with Crippen LogP contribution in [0.4, 0.5) is 73.1 Å². The first kappa shape index (κ1) is 64.9. The number of nitriles is 4. The van der Waals surface area contributed by atoms with E-state index in [0.717, 1.165) is 101 Å². The van der Waals surface area contributed by atoms with Gasteiger partial charge in [-0.15, -0.1) is 0 Å². The largest absolute Gasteiger partial charge is 0.528 e. The molecule has 24 nitrogen and oxygen atoms in total. The number of urea groups is 3. The number of likely N-dealkylation sites (tertiary alicyclic amines) is 1. The highest BCUT2D eigenvalue weighted by Gasteiger charge is 2.63. The van der Waals surface area contributed by atoms with Crippen molar-refractivity contribution in [3.63, 3.8) is 0 Å². The van der Waals surface area contributed by atoms with Gasteiger partial charge >= 0.3 is 42.6 Å². The van der Waals surface area contributed by atoms with Crippen LogP contribution in [0.5, 0.6) is 0 Å². The van der Waals surface area contributed by atoms with E-state index in [1.807, 2.05) is 12.1 Å². The lowest BCUT2D eigenvalue weighted by Gasteiger charge is -2.44. The van der Waals surface area contributed by atoms with E-state index in [-0.39, 0.29) is 58.0 Å². The highest BCUT2D eigenvalue weighted by molar-refractivity contribution is 7.91. The van der Waals surface area contributed by atoms with Crippen molar-refractivity contribution in [2.24, 2.45) is 0 Å². The van der Waals surface area contributed by atoms with Crippen LogP contribution in [0.15, 0.2) is 142 Å². The molecule has 3 aliphatic heterocycles. The van der Waals surface area contributed by atoms with Crippen molar-refractivity contribution >= 4 is 72.7 Å². The first-order valence-electron chi connectivity index (χ1n) is 25.3. The van der Waals surface area contributed by atoms with Gasteiger partial charge in [0.15, 0.2) is 31.4 Å². The number of hydrogen-bond donors (Lipinski definition) is 3. The van der Waals surface area contributed by atoms with E-state index in [9.17, 15) is 109 Å². The van der Waals surface area contributed by atoms with E-state index >= 15 is 0 Å². The number of nitro groups is 1. The van der Waals surface area contributed by atoms with Gasteiger partial charge in [-0.3, -0.25) is 15.0 Å². The zero-order valence-corrected chi connectivity index (χ0v) is 47.5. The van der Waals surface area contributed by atoms with Crippen LogP contribution >= 0.6 is 0 Å². The number of nitro benzene ring substituents is 1. The second-order valence-electron chi connectivity index (χ2n) is 19.8. The van der Waals surface area contributed by atoms with Gasteiger partial charge in [0, 0.05) is 72.9 Å². The molecule has 4 atom stereocenters. The Kier molecular flexibility index (Phi) is 18.0. The summed E-state index contributed by atoms with van der Waals surface area (Å²) in [6.45, 7) is 2.34. The fraction of sp³-hybridized carbons (Fsp3) is 0.232. The van der Waals surface area contributed by atoms with Gasteiger partial charge in [0.2, 0.25) is 0 Å². The van der Waals surface area contributed by atoms with Gasteiger partial charge in [0.05, 0.1) is 72.1 Å². The number of anilines is 2. The number of piperidine rings is 1. The van der Waals surface area contributed by atoms with Crippen molar-refractivity contribution in [3.8, 4) is 24.3 Å². The number of benzene rings is 5. The summed E-state index contributed by atoms with van der Waals surface area (Å²) in [4.78, 5) is 80.2. The number of hydrogen-bond acceptors (Lipinski definition) is 15. The van der Waals surface area contributed by atoms with Crippen molar-refractivity contribution < 1.29 is 82.3 Å². The van der Waals surface area contributed by atoms with E-state index in [0.29, 0.717) is 34.8 Å². The number of amides is 8. The van der Waals surface area contributed by atoms with Crippen LogP contribution in [-0.2, 0) is 32.0 Å². The summed E-state index contributed by atoms with van der Waals surface area (Å²) >= 11 is 0. The van der Waals surface area contributed by atoms with Crippen LogP contribution in [-0.4, -0.2) is 104 Å². The third kappa shape index (κ3) is 12.4. The molecule has 1 saturated heterocycles. The predicted octanol–water partition coefficient (Wildman–Crippen LogP) is 10.7. The van der Waals surface area contributed by atoms with Crippen molar-refractivity contribution in [3.05, 3.63) is 175 Å². The normalized spacial score (nSPS) is 19.1. The van der Waals surface area contributed by atoms with Gasteiger partial charge in [0.1, 0.15) is 17.7 Å². The maximum Gasteiger partial charge on any atom is 0.528 e. The van der Waals surface area contributed by atoms with Crippen LogP contribution in [0.3, 0.4) is 0 Å². The molecule has 0 spiro atoms. The fourth-order valence-corrected chi connectivity index (χ4v) is 12.3. The summed E-state index contributed by atoms with van der Waals surface area (Å²) < 4.78 is 131. The van der Waals surface area contributed by atoms with Gasteiger partial charge in [0.25, 0.3) is 5.69 Å². The second kappa shape index (κ2) is 24.4. The standard InChI is InChI=1S/C28H25F3N6O6S.C28H18F3N5O7S/c1-16-22(14-33)24(21-9-8-17(13-32)11-23(21)44(2,42)43)37(26(40)35-10-4-6-19(15-35)34-25(38)39)27(41)36(16)20-7-3-5-18(12-20)28(29,30)31;1-16-23(15-33)25(22-11-6-17(14-32)12-24(22)44(2,42)43)36(27(38)39,21-9-7-19(8-10-21)35(40)41)26(37)34(16)20-5-3-4-18(13-20)28(29,30)31/h3,5,7-9,11-12,19,24,34H,4,6,10,15H2,1-2H3,(H,38,39);3-13,25H,1-2H3/p+1/t19-,24-;/m1./s1. The number of nitrogens with zero attached hydrogens (tertiary/aromatic N) is 10. The van der Waals surface area contributed by atoms with Crippen molar-refractivity contribution in [1.82, 2.24) is 19.6 Å². The van der Waals surface area contributed by atoms with Gasteiger partial charge in [-0.1, -0.05) is 28.7 Å². The molecule has 2 unspecified atom stereocenters. The van der Waals surface area contributed by atoms with Crippen LogP contribution in [0, 0.1) is 55.4 Å². The Morgan fingerprint density at radius 3 is 1.64 bits per heavy atom. The molecule has 32 heteroatoms. The molecule has 0 aromatic heterocycles. The van der Waals surface area contributed by atoms with Gasteiger partial charge in [-0.05, 0) is 92.9 Å². The van der Waals surface area contributed by atoms with E-state index in [2.05, 4.69) is 5.32 Å². The van der Waals surface area contributed by atoms with Crippen LogP contribution < -0.4 is 19.6 Å². The molecule has 1 fully saturated rings. The van der Waals surface area contributed by atoms with Crippen LogP contribution in [0.1, 0.15) is 72.2 Å². The lowest BCUT2D eigenvalue weighted by Crippen LogP contribution is -2.67. The molecule has 454 valence electrons. The highest BCUT2D eigenvalue weighted by atomic mass is 32.2. The lowest BCUT2D eigenvalue weighted by atomic mass is 9.89. The molecule has 0 bridgehead atoms. The smallest absolute Gasteiger partial charge is 0.465 e. The molecular formula is C56H44F6N11O13S2+. The van der Waals surface area contributed by atoms with Gasteiger partial charge in [-0.2, -0.15) is 52.2 Å². The van der Waals surface area contributed by atoms with E-state index in [1.54, 1.807) is 12.1 Å². The molecule has 0 saturated carbocycles. The predicted molar refractivity (Wildman–Crippen MR) is 295 cm³/mol. The summed E-state index contributed by atoms with van der Waals surface area (Å²) in [5.41, 5.74) is -6.12. The topological polar surface area (TPSA) is 357 Å². The van der Waals surface area contributed by atoms with E-state index < -0.39 is 133 Å². The minimum Gasteiger partial charge on any atom is -0.465 e. The Morgan fingerprint density at radius 1 is 0.693 bits per heavy atom. The summed E-state index contributed by atoms with van der Waals surface area (Å²) in [6.07, 6.45) is -10.7. The Morgan fingerprint density at radius 2 is 1.18 bits per heavy atom. The van der Waals surface area contributed by atoms with Crippen molar-refractivity contribution in [1.29, 1.82) is 21.0 Å². The monoisotopic (exact) mass is 1260 g/mol. The number of sulfone groups is 2. The molecule has 3 N–H and O–H groups in total. The SMILES string of the molecule is CC1=C(C#N)C(c2ccc(C#N)cc2S(C)(=O)=O)[N+](C(=O)O)(c2ccc([N+](=O)[O-])cc2)C(=O)N1c1cccc(C(F)(F)F)c1.CC1=C(C#N)[C@@H](c2ccc(C#N)cc2S(C)(=O)=O)N(C(=O)N2CCC[C@@H](NC(=O)O)C2)C(=O)N1c1cccc(C(F)(F)F)c1. The highest BCUT2D eigenvalue weighted by Crippen LogP contribution is 2.50. The lowest BCUT2D eigenvalue weighted by molar-refractivity contribution is -0.384. The zero-order valence-electron chi connectivity index (χ0n) is 45.9. The molecule has 3 heterocycles. The van der Waals surface area contributed by atoms with Gasteiger partial charge < -0.3 is 20.4 Å². The quantitative estimate of drug-likeness (QED) is 0.0534. The third-order valence-electron chi connectivity index (χ3n) is 14.3. The molecule has 3 aliphatic rings. The zero-order chi connectivity index (χ0) is 65.3. The number of carbonyl (C=O) groups is 5. The summed E-state index contributed by atoms with van der Waals surface area (Å²) in [5.74, 6) is 0. The Labute approximate surface area is 495 Å². The van der Waals surface area contributed by atoms with Crippen molar-refractivity contribution in [2.45, 2.75) is 67.0 Å². The Bertz CT molecular complexity index is 4260. The number of halogens is 6. The number of quaternary nitrogens is 1. The number of imide groups is 2. The molecule has 8 rings (SSSR count). The summed E-state index contributed by atoms with van der Waals surface area (Å²) in [6, 6.07) is 16.6. The summed E-state index contributed by atoms with van der Waals surface area (Å²) in [7, 11) is -8.40. The Balaban J connectivity index is 0.000000251. The number of carbonyl (C=O) groups excluding carboxylic acids is 3. The third-order valence-corrected chi connectivity index (χ3v) is 16.6. The molecule has 5 aromatic carbocycles. The number of rotatable bonds is 9. The average Bonchev–Trinajstić information content (AvgIpc) is 0.736. The maximum absolute atomic E-state index is 14.6. The number of allylic oxidation sites excluding steroid dienone is 2. The van der Waals surface area contributed by atoms with Crippen LogP contribution in [0.25, 0.3) is 0 Å². The van der Waals surface area contributed by atoms with Crippen molar-refractivity contribution in [2.75, 3.05) is 35.4 Å². The molecule has 5 aromatic rings. The molecule has 0 aliphatic carbocycles. The second-order valence-corrected chi connectivity index (χ2v) is 23.8. The van der Waals surface area contributed by atoms with E-state index in [1.165, 1.54) is 32.0 Å². The average molecular weight is 1260 g/mol. The molecule has 0 radical (unpaired) electrons. The van der Waals surface area contributed by atoms with Crippen LogP contribution in [0.2, 0.25) is 0 Å². The number of nitrogens with one attached hydrogen (secondary N) is 1. The summed E-state index contributed by atoms with van der Waals surface area (Å²) in [5, 5.41) is 73.1. The number of alkyl halides is 6. The first-order chi connectivity index (χ1) is 41.1. The molecule has 88 heavy (non-hydrogen) atoms.